The van der Waals surface area contributed by atoms with Crippen LogP contribution in [0.1, 0.15) is 39.5 Å². The lowest BCUT2D eigenvalue weighted by Gasteiger charge is -2.44. The van der Waals surface area contributed by atoms with E-state index in [0.717, 1.165) is 31.6 Å². The molecule has 3 nitrogen and oxygen atoms in total. The SMILES string of the molecule is CC(C)(CC(=O)O)C1CCOC2(CCSC2)C1. The summed E-state index contributed by atoms with van der Waals surface area (Å²) in [4.78, 5) is 10.9. The first-order valence-corrected chi connectivity index (χ1v) is 7.53. The van der Waals surface area contributed by atoms with Crippen LogP contribution in [0.2, 0.25) is 0 Å². The third-order valence-electron chi connectivity index (χ3n) is 4.27. The summed E-state index contributed by atoms with van der Waals surface area (Å²) in [6.45, 7) is 4.98. The summed E-state index contributed by atoms with van der Waals surface area (Å²) in [6.07, 6.45) is 3.45. The second-order valence-corrected chi connectivity index (χ2v) is 7.19. The summed E-state index contributed by atoms with van der Waals surface area (Å²) >= 11 is 1.96. The lowest BCUT2D eigenvalue weighted by atomic mass is 9.68. The Morgan fingerprint density at radius 1 is 1.59 bits per heavy atom. The highest BCUT2D eigenvalue weighted by molar-refractivity contribution is 7.99. The minimum absolute atomic E-state index is 0.0589. The van der Waals surface area contributed by atoms with Crippen LogP contribution in [0.15, 0.2) is 0 Å². The molecule has 0 radical (unpaired) electrons. The molecule has 0 saturated carbocycles. The number of hydrogen-bond donors (Lipinski definition) is 1. The molecule has 17 heavy (non-hydrogen) atoms. The maximum absolute atomic E-state index is 10.9. The molecule has 0 aromatic rings. The highest BCUT2D eigenvalue weighted by Gasteiger charge is 2.45. The van der Waals surface area contributed by atoms with Crippen LogP contribution in [-0.2, 0) is 9.53 Å². The molecule has 98 valence electrons. The molecule has 0 aromatic heterocycles. The Bertz CT molecular complexity index is 295. The van der Waals surface area contributed by atoms with E-state index in [1.807, 2.05) is 11.8 Å². The molecule has 2 saturated heterocycles. The number of ether oxygens (including phenoxy) is 1. The van der Waals surface area contributed by atoms with Crippen LogP contribution in [-0.4, -0.2) is 34.8 Å². The number of carboxylic acid groups (broad SMARTS) is 1. The fourth-order valence-electron chi connectivity index (χ4n) is 3.09. The summed E-state index contributed by atoms with van der Waals surface area (Å²) in [7, 11) is 0. The van der Waals surface area contributed by atoms with Gasteiger partial charge in [-0.2, -0.15) is 11.8 Å². The maximum Gasteiger partial charge on any atom is 0.303 e. The van der Waals surface area contributed by atoms with E-state index in [0.29, 0.717) is 5.92 Å². The Kier molecular flexibility index (Phi) is 3.74. The predicted octanol–water partition coefficient (Wildman–Crippen LogP) is 2.79. The van der Waals surface area contributed by atoms with Crippen LogP contribution in [0, 0.1) is 11.3 Å². The van der Waals surface area contributed by atoms with Crippen molar-refractivity contribution < 1.29 is 14.6 Å². The molecule has 0 aliphatic carbocycles. The summed E-state index contributed by atoms with van der Waals surface area (Å²) < 4.78 is 5.99. The molecule has 0 aromatic carbocycles. The standard InChI is InChI=1S/C13H22O3S/c1-12(2,8-11(14)15)10-3-5-16-13(7-10)4-6-17-9-13/h10H,3-9H2,1-2H3,(H,14,15). The lowest BCUT2D eigenvalue weighted by Crippen LogP contribution is -2.44. The average molecular weight is 258 g/mol. The third-order valence-corrected chi connectivity index (χ3v) is 5.50. The zero-order valence-electron chi connectivity index (χ0n) is 10.7. The second kappa shape index (κ2) is 4.81. The van der Waals surface area contributed by atoms with Gasteiger partial charge in [0.2, 0.25) is 0 Å². The molecule has 0 bridgehead atoms. The first-order valence-electron chi connectivity index (χ1n) is 6.37. The molecule has 2 rings (SSSR count). The number of carbonyl (C=O) groups is 1. The Morgan fingerprint density at radius 3 is 2.94 bits per heavy atom. The van der Waals surface area contributed by atoms with E-state index in [-0.39, 0.29) is 17.4 Å². The highest BCUT2D eigenvalue weighted by atomic mass is 32.2. The van der Waals surface area contributed by atoms with Crippen molar-refractivity contribution >= 4 is 17.7 Å². The van der Waals surface area contributed by atoms with E-state index in [1.165, 1.54) is 5.75 Å². The Balaban J connectivity index is 2.03. The van der Waals surface area contributed by atoms with Gasteiger partial charge in [0.25, 0.3) is 0 Å². The molecule has 1 N–H and O–H groups in total. The fraction of sp³-hybridized carbons (Fsp3) is 0.923. The zero-order chi connectivity index (χ0) is 12.5. The van der Waals surface area contributed by atoms with Gasteiger partial charge in [-0.15, -0.1) is 0 Å². The topological polar surface area (TPSA) is 46.5 Å². The summed E-state index contributed by atoms with van der Waals surface area (Å²) in [5, 5.41) is 9.00. The van der Waals surface area contributed by atoms with E-state index >= 15 is 0 Å². The van der Waals surface area contributed by atoms with Crippen LogP contribution >= 0.6 is 11.8 Å². The molecule has 2 fully saturated rings. The summed E-state index contributed by atoms with van der Waals surface area (Å²) in [6, 6.07) is 0. The van der Waals surface area contributed by atoms with Crippen molar-refractivity contribution in [3.05, 3.63) is 0 Å². The molecule has 4 heteroatoms. The van der Waals surface area contributed by atoms with Crippen LogP contribution in [0.5, 0.6) is 0 Å². The molecule has 0 amide bonds. The molecule has 2 atom stereocenters. The molecule has 1 spiro atoms. The number of rotatable bonds is 3. The maximum atomic E-state index is 10.9. The molecule has 2 aliphatic heterocycles. The zero-order valence-corrected chi connectivity index (χ0v) is 11.5. The molecule has 2 unspecified atom stereocenters. The molecule has 2 aliphatic rings. The lowest BCUT2D eigenvalue weighted by molar-refractivity contribution is -0.143. The van der Waals surface area contributed by atoms with Crippen molar-refractivity contribution in [3.8, 4) is 0 Å². The number of aliphatic carboxylic acids is 1. The van der Waals surface area contributed by atoms with Gasteiger partial charge in [0.05, 0.1) is 12.0 Å². The number of thioether (sulfide) groups is 1. The smallest absolute Gasteiger partial charge is 0.303 e. The Labute approximate surface area is 107 Å². The highest BCUT2D eigenvalue weighted by Crippen LogP contribution is 2.46. The van der Waals surface area contributed by atoms with Gasteiger partial charge in [-0.3, -0.25) is 4.79 Å². The van der Waals surface area contributed by atoms with Gasteiger partial charge in [0.1, 0.15) is 0 Å². The normalized spacial score (nSPS) is 34.1. The van der Waals surface area contributed by atoms with Crippen molar-refractivity contribution in [2.24, 2.45) is 11.3 Å². The van der Waals surface area contributed by atoms with Gasteiger partial charge in [0, 0.05) is 12.4 Å². The Hall–Kier alpha value is -0.220. The van der Waals surface area contributed by atoms with Gasteiger partial charge in [-0.1, -0.05) is 13.8 Å². The van der Waals surface area contributed by atoms with Gasteiger partial charge in [-0.25, -0.2) is 0 Å². The van der Waals surface area contributed by atoms with Crippen LogP contribution in [0.4, 0.5) is 0 Å². The van der Waals surface area contributed by atoms with E-state index in [4.69, 9.17) is 9.84 Å². The van der Waals surface area contributed by atoms with Crippen LogP contribution in [0.25, 0.3) is 0 Å². The monoisotopic (exact) mass is 258 g/mol. The molecular formula is C13H22O3S. The number of hydrogen-bond acceptors (Lipinski definition) is 3. The number of carboxylic acids is 1. The first kappa shape index (κ1) is 13.2. The fourth-order valence-corrected chi connectivity index (χ4v) is 4.47. The van der Waals surface area contributed by atoms with Gasteiger partial charge >= 0.3 is 5.97 Å². The van der Waals surface area contributed by atoms with Crippen molar-refractivity contribution in [1.82, 2.24) is 0 Å². The summed E-state index contributed by atoms with van der Waals surface area (Å²) in [5.74, 6) is 2.07. The van der Waals surface area contributed by atoms with Crippen LogP contribution in [0.3, 0.4) is 0 Å². The summed E-state index contributed by atoms with van der Waals surface area (Å²) in [5.41, 5.74) is -0.0563. The minimum Gasteiger partial charge on any atom is -0.481 e. The minimum atomic E-state index is -0.684. The Morgan fingerprint density at radius 2 is 2.35 bits per heavy atom. The average Bonchev–Trinajstić information content (AvgIpc) is 2.64. The van der Waals surface area contributed by atoms with Gasteiger partial charge in [-0.05, 0) is 36.3 Å². The van der Waals surface area contributed by atoms with Crippen molar-refractivity contribution in [2.75, 3.05) is 18.1 Å². The largest absolute Gasteiger partial charge is 0.481 e. The van der Waals surface area contributed by atoms with Crippen molar-refractivity contribution in [2.45, 2.75) is 45.1 Å². The van der Waals surface area contributed by atoms with Crippen molar-refractivity contribution in [3.63, 3.8) is 0 Å². The second-order valence-electron chi connectivity index (χ2n) is 6.08. The third kappa shape index (κ3) is 2.97. The van der Waals surface area contributed by atoms with E-state index in [1.54, 1.807) is 0 Å². The quantitative estimate of drug-likeness (QED) is 0.845. The van der Waals surface area contributed by atoms with Crippen molar-refractivity contribution in [1.29, 1.82) is 0 Å². The first-order chi connectivity index (χ1) is 7.94. The van der Waals surface area contributed by atoms with E-state index in [9.17, 15) is 4.79 Å². The predicted molar refractivity (Wildman–Crippen MR) is 69.4 cm³/mol. The molecule has 2 heterocycles. The molecular weight excluding hydrogens is 236 g/mol. The van der Waals surface area contributed by atoms with E-state index < -0.39 is 5.97 Å². The van der Waals surface area contributed by atoms with Gasteiger partial charge in [0.15, 0.2) is 0 Å². The van der Waals surface area contributed by atoms with E-state index in [2.05, 4.69) is 13.8 Å². The van der Waals surface area contributed by atoms with Gasteiger partial charge < -0.3 is 9.84 Å². The van der Waals surface area contributed by atoms with Crippen LogP contribution < -0.4 is 0 Å².